The van der Waals surface area contributed by atoms with Crippen molar-refractivity contribution in [3.8, 4) is 0 Å². The van der Waals surface area contributed by atoms with Crippen LogP contribution in [0.2, 0.25) is 0 Å². The molecule has 2 atom stereocenters. The Morgan fingerprint density at radius 3 is 2.50 bits per heavy atom. The number of β-amino-alcohol motifs (C(OH)–C–C–N with tert-alkyl or cyclic N) is 1. The first kappa shape index (κ1) is 9.45. The summed E-state index contributed by atoms with van der Waals surface area (Å²) < 4.78 is 12.7. The zero-order valence-corrected chi connectivity index (χ0v) is 7.33. The van der Waals surface area contributed by atoms with E-state index in [1.165, 1.54) is 4.90 Å². The van der Waals surface area contributed by atoms with E-state index in [1.807, 2.05) is 0 Å². The van der Waals surface area contributed by atoms with Crippen LogP contribution in [-0.2, 0) is 4.79 Å². The van der Waals surface area contributed by atoms with Gasteiger partial charge in [0.25, 0.3) is 0 Å². The molecule has 4 heteroatoms. The van der Waals surface area contributed by atoms with E-state index in [1.54, 1.807) is 13.8 Å². The molecule has 12 heavy (non-hydrogen) atoms. The zero-order chi connectivity index (χ0) is 9.30. The SMILES string of the molecule is CC(C)C(=O)N1C[C@@H](O)[C@H](F)C1. The predicted molar refractivity (Wildman–Crippen MR) is 42.3 cm³/mol. The smallest absolute Gasteiger partial charge is 0.225 e. The largest absolute Gasteiger partial charge is 0.388 e. The molecule has 0 aromatic rings. The standard InChI is InChI=1S/C8H14FNO2/c1-5(2)8(12)10-3-6(9)7(11)4-10/h5-7,11H,3-4H2,1-2H3/t6-,7-/m1/s1. The minimum absolute atomic E-state index is 0.0399. The Kier molecular flexibility index (Phi) is 2.67. The normalized spacial score (nSPS) is 29.9. The molecule has 0 aromatic heterocycles. The highest BCUT2D eigenvalue weighted by Gasteiger charge is 2.34. The van der Waals surface area contributed by atoms with Gasteiger partial charge >= 0.3 is 0 Å². The van der Waals surface area contributed by atoms with Crippen LogP contribution in [0.4, 0.5) is 4.39 Å². The van der Waals surface area contributed by atoms with Crippen LogP contribution in [0.15, 0.2) is 0 Å². The van der Waals surface area contributed by atoms with Crippen molar-refractivity contribution in [3.05, 3.63) is 0 Å². The molecule has 0 unspecified atom stereocenters. The first-order valence-electron chi connectivity index (χ1n) is 4.13. The fourth-order valence-electron chi connectivity index (χ4n) is 1.29. The number of aliphatic hydroxyl groups is 1. The zero-order valence-electron chi connectivity index (χ0n) is 7.33. The maximum Gasteiger partial charge on any atom is 0.225 e. The summed E-state index contributed by atoms with van der Waals surface area (Å²) in [7, 11) is 0. The summed E-state index contributed by atoms with van der Waals surface area (Å²) in [5.41, 5.74) is 0. The molecule has 1 rings (SSSR count). The second-order valence-electron chi connectivity index (χ2n) is 3.48. The van der Waals surface area contributed by atoms with E-state index in [0.29, 0.717) is 0 Å². The number of hydrogen-bond donors (Lipinski definition) is 1. The highest BCUT2D eigenvalue weighted by atomic mass is 19.1. The van der Waals surface area contributed by atoms with Gasteiger partial charge in [-0.3, -0.25) is 4.79 Å². The number of alkyl halides is 1. The molecule has 1 fully saturated rings. The van der Waals surface area contributed by atoms with Crippen LogP contribution < -0.4 is 0 Å². The lowest BCUT2D eigenvalue weighted by Gasteiger charge is -2.17. The minimum Gasteiger partial charge on any atom is -0.388 e. The fourth-order valence-corrected chi connectivity index (χ4v) is 1.29. The van der Waals surface area contributed by atoms with E-state index in [-0.39, 0.29) is 24.9 Å². The Bertz CT molecular complexity index is 174. The van der Waals surface area contributed by atoms with Gasteiger partial charge in [0.05, 0.1) is 6.54 Å². The number of hydrogen-bond acceptors (Lipinski definition) is 2. The molecule has 0 saturated carbocycles. The number of halogens is 1. The lowest BCUT2D eigenvalue weighted by Crippen LogP contribution is -2.32. The van der Waals surface area contributed by atoms with Crippen LogP contribution in [0.5, 0.6) is 0 Å². The molecule has 70 valence electrons. The Hall–Kier alpha value is -0.640. The van der Waals surface area contributed by atoms with Gasteiger partial charge in [-0.2, -0.15) is 0 Å². The highest BCUT2D eigenvalue weighted by molar-refractivity contribution is 5.78. The molecule has 1 heterocycles. The number of nitrogens with zero attached hydrogens (tertiary/aromatic N) is 1. The molecule has 0 radical (unpaired) electrons. The molecular weight excluding hydrogens is 161 g/mol. The van der Waals surface area contributed by atoms with E-state index in [2.05, 4.69) is 0 Å². The molecule has 3 nitrogen and oxygen atoms in total. The molecule has 0 spiro atoms. The monoisotopic (exact) mass is 175 g/mol. The topological polar surface area (TPSA) is 40.5 Å². The number of carbonyl (C=O) groups is 1. The molecular formula is C8H14FNO2. The van der Waals surface area contributed by atoms with E-state index < -0.39 is 12.3 Å². The maximum absolute atomic E-state index is 12.7. The molecule has 1 saturated heterocycles. The van der Waals surface area contributed by atoms with Crippen LogP contribution in [0.1, 0.15) is 13.8 Å². The van der Waals surface area contributed by atoms with Crippen molar-refractivity contribution in [2.45, 2.75) is 26.1 Å². The molecule has 0 aliphatic carbocycles. The average molecular weight is 175 g/mol. The summed E-state index contributed by atoms with van der Waals surface area (Å²) in [6.07, 6.45) is -2.26. The minimum atomic E-state index is -1.27. The molecule has 1 aliphatic heterocycles. The van der Waals surface area contributed by atoms with Crippen LogP contribution in [-0.4, -0.2) is 41.3 Å². The molecule has 0 aromatic carbocycles. The first-order valence-corrected chi connectivity index (χ1v) is 4.13. The molecule has 1 N–H and O–H groups in total. The first-order chi connectivity index (χ1) is 5.52. The van der Waals surface area contributed by atoms with Crippen LogP contribution in [0.3, 0.4) is 0 Å². The Balaban J connectivity index is 2.52. The predicted octanol–water partition coefficient (Wildman–Crippen LogP) is 0.184. The Labute approximate surface area is 71.2 Å². The lowest BCUT2D eigenvalue weighted by atomic mass is 10.2. The van der Waals surface area contributed by atoms with Gasteiger partial charge in [-0.1, -0.05) is 13.8 Å². The molecule has 1 amide bonds. The van der Waals surface area contributed by atoms with Crippen LogP contribution in [0.25, 0.3) is 0 Å². The van der Waals surface area contributed by atoms with Gasteiger partial charge in [0, 0.05) is 12.5 Å². The van der Waals surface area contributed by atoms with Crippen molar-refractivity contribution < 1.29 is 14.3 Å². The van der Waals surface area contributed by atoms with Crippen LogP contribution in [0, 0.1) is 5.92 Å². The van der Waals surface area contributed by atoms with Gasteiger partial charge in [-0.15, -0.1) is 0 Å². The summed E-state index contributed by atoms with van der Waals surface area (Å²) in [6.45, 7) is 3.71. The third kappa shape index (κ3) is 1.75. The Morgan fingerprint density at radius 2 is 2.17 bits per heavy atom. The van der Waals surface area contributed by atoms with E-state index >= 15 is 0 Å². The third-order valence-corrected chi connectivity index (χ3v) is 2.03. The van der Waals surface area contributed by atoms with Crippen molar-refractivity contribution in [3.63, 3.8) is 0 Å². The summed E-state index contributed by atoms with van der Waals surface area (Å²) in [6, 6.07) is 0. The maximum atomic E-state index is 12.7. The number of likely N-dealkylation sites (tertiary alicyclic amines) is 1. The molecule has 1 aliphatic rings. The average Bonchev–Trinajstić information content (AvgIpc) is 2.30. The fraction of sp³-hybridized carbons (Fsp3) is 0.875. The van der Waals surface area contributed by atoms with Gasteiger partial charge in [0.2, 0.25) is 5.91 Å². The van der Waals surface area contributed by atoms with E-state index in [9.17, 15) is 9.18 Å². The van der Waals surface area contributed by atoms with Crippen molar-refractivity contribution in [2.75, 3.05) is 13.1 Å². The lowest BCUT2D eigenvalue weighted by molar-refractivity contribution is -0.133. The number of rotatable bonds is 1. The highest BCUT2D eigenvalue weighted by Crippen LogP contribution is 2.15. The van der Waals surface area contributed by atoms with Gasteiger partial charge < -0.3 is 10.0 Å². The van der Waals surface area contributed by atoms with Gasteiger partial charge in [0.15, 0.2) is 0 Å². The van der Waals surface area contributed by atoms with Crippen LogP contribution >= 0.6 is 0 Å². The number of aliphatic hydroxyl groups excluding tert-OH is 1. The quantitative estimate of drug-likeness (QED) is 0.617. The van der Waals surface area contributed by atoms with Crippen molar-refractivity contribution >= 4 is 5.91 Å². The van der Waals surface area contributed by atoms with Crippen molar-refractivity contribution in [1.29, 1.82) is 0 Å². The van der Waals surface area contributed by atoms with Crippen molar-refractivity contribution in [1.82, 2.24) is 4.90 Å². The summed E-state index contributed by atoms with van der Waals surface area (Å²) in [5.74, 6) is -0.211. The Morgan fingerprint density at radius 1 is 1.58 bits per heavy atom. The van der Waals surface area contributed by atoms with Gasteiger partial charge in [-0.05, 0) is 0 Å². The van der Waals surface area contributed by atoms with E-state index in [0.717, 1.165) is 0 Å². The summed E-state index contributed by atoms with van der Waals surface area (Å²) in [4.78, 5) is 12.7. The second-order valence-corrected chi connectivity index (χ2v) is 3.48. The van der Waals surface area contributed by atoms with Crippen molar-refractivity contribution in [2.24, 2.45) is 5.92 Å². The summed E-state index contributed by atoms with van der Waals surface area (Å²) in [5, 5.41) is 9.03. The third-order valence-electron chi connectivity index (χ3n) is 2.03. The number of amides is 1. The van der Waals surface area contributed by atoms with Gasteiger partial charge in [0.1, 0.15) is 12.3 Å². The second kappa shape index (κ2) is 3.39. The summed E-state index contributed by atoms with van der Waals surface area (Å²) >= 11 is 0. The van der Waals surface area contributed by atoms with Gasteiger partial charge in [-0.25, -0.2) is 4.39 Å². The number of carbonyl (C=O) groups excluding carboxylic acids is 1. The molecule has 0 bridgehead atoms. The van der Waals surface area contributed by atoms with E-state index in [4.69, 9.17) is 5.11 Å².